The van der Waals surface area contributed by atoms with E-state index in [2.05, 4.69) is 40.2 Å². The third-order valence-corrected chi connectivity index (χ3v) is 17.2. The summed E-state index contributed by atoms with van der Waals surface area (Å²) in [4.78, 5) is 72.4. The highest BCUT2D eigenvalue weighted by molar-refractivity contribution is 6.39. The van der Waals surface area contributed by atoms with Crippen molar-refractivity contribution in [3.05, 3.63) is 294 Å². The van der Waals surface area contributed by atoms with Gasteiger partial charge in [-0.15, -0.1) is 0 Å². The van der Waals surface area contributed by atoms with E-state index in [1.807, 2.05) is 0 Å². The van der Waals surface area contributed by atoms with E-state index >= 15 is 0 Å². The molecule has 3 heterocycles. The van der Waals surface area contributed by atoms with Crippen LogP contribution >= 0.6 is 128 Å². The van der Waals surface area contributed by atoms with Crippen LogP contribution in [0.4, 0.5) is 69.9 Å². The molecule has 5 N–H and O–H groups in total. The molecule has 40 heteroatoms. The monoisotopic (exact) mass is 1820 g/mol. The molecule has 0 unspecified atom stereocenters. The largest absolute Gasteiger partial charge is 0.505 e. The summed E-state index contributed by atoms with van der Waals surface area (Å²) in [5, 5.41) is 23.2. The van der Waals surface area contributed by atoms with Gasteiger partial charge in [-0.1, -0.05) is 188 Å². The van der Waals surface area contributed by atoms with Gasteiger partial charge in [0.05, 0.1) is 68.1 Å². The molecule has 0 atom stereocenters. The number of aromatic nitrogens is 6. The summed E-state index contributed by atoms with van der Waals surface area (Å²) in [7, 11) is 1.69. The molecule has 0 bridgehead atoms. The van der Waals surface area contributed by atoms with Gasteiger partial charge in [0.2, 0.25) is 17.8 Å². The summed E-state index contributed by atoms with van der Waals surface area (Å²) in [6, 6.07) is 34.2. The van der Waals surface area contributed by atoms with Gasteiger partial charge in [0.25, 0.3) is 0 Å². The number of phenols is 2. The number of ether oxygens (including phenoxy) is 2. The number of carbonyl (C=O) groups excluding carboxylic acids is 4. The number of halogens is 23. The summed E-state index contributed by atoms with van der Waals surface area (Å²) in [5.41, 5.74) is 4.83. The number of carbonyl (C=O) groups is 3. The lowest BCUT2D eigenvalue weighted by Crippen LogP contribution is -2.09. The number of aromatic hydroxyl groups is 2. The van der Waals surface area contributed by atoms with E-state index in [4.69, 9.17) is 148 Å². The van der Waals surface area contributed by atoms with Gasteiger partial charge in [-0.25, -0.2) is 34.7 Å². The smallest absolute Gasteiger partial charge is 0.416 e. The quantitative estimate of drug-likeness (QED) is 0.0156. The highest BCUT2D eigenvalue weighted by Crippen LogP contribution is 2.41. The van der Waals surface area contributed by atoms with Crippen LogP contribution in [0.15, 0.2) is 188 Å². The van der Waals surface area contributed by atoms with E-state index in [9.17, 15) is 77.0 Å². The van der Waals surface area contributed by atoms with Crippen molar-refractivity contribution >= 4 is 168 Å². The molecular weight excluding hydrogens is 1770 g/mol. The molecule has 115 heavy (non-hydrogen) atoms. The molecule has 3 aromatic heterocycles. The first-order chi connectivity index (χ1) is 53.9. The van der Waals surface area contributed by atoms with Crippen molar-refractivity contribution in [2.75, 3.05) is 18.1 Å². The van der Waals surface area contributed by atoms with Crippen molar-refractivity contribution in [1.29, 1.82) is 0 Å². The topological polar surface area (TPSA) is 255 Å². The standard InChI is InChI=1S/C21H16Cl2F3N3O2.C20H12Cl3F3N2O2.C16H11Cl2F3O2.C8H4F3NO.C6H5Cl2NO.C4H2Cl2N2/c1-27-18-10-19(29-11-28-18)31-20-16(22)8-13(9-17(20)23)7-15(30)6-12-3-2-4-14(5-12)21(24,25)26;21-15-7-12(8-16(22)19(15)30-18-9-17(23)27-10-28-18)6-14(29)5-11-2-1-3-13(4-11)20(24,25)26;17-13-7-10(8-14(18)15(13)23)6-12(22)5-9-2-1-3-11(4-9)16(19,20)21;9-8(10,11)6-2-1-3-7(4-6)12-5-13;7-4-1-3(9)2-5(8)6(4)10;5-3-1-4(6)8-2-7-3/h2-5,8-11H,6-7H2,1H3,(H,27,28,29);1-4,7-10H,5-6H2;1-4,7-8,23H,5-6H2;1-4H;1-2,10H,9H2;1-2H. The predicted octanol–water partition coefficient (Wildman–Crippen LogP) is 24.4. The van der Waals surface area contributed by atoms with Gasteiger partial charge in [0.15, 0.2) is 23.0 Å². The number of isocyanates is 1. The number of nitrogens with one attached hydrogen (secondary N) is 1. The Labute approximate surface area is 699 Å². The van der Waals surface area contributed by atoms with Gasteiger partial charge in [-0.2, -0.15) is 57.7 Å². The summed E-state index contributed by atoms with van der Waals surface area (Å²) in [6.07, 6.45) is -13.4. The minimum absolute atomic E-state index is 0.0133. The van der Waals surface area contributed by atoms with Gasteiger partial charge in [-0.05, 0) is 118 Å². The molecule has 11 aromatic rings. The van der Waals surface area contributed by atoms with Crippen molar-refractivity contribution < 1.29 is 91.5 Å². The second-order valence-electron chi connectivity index (χ2n) is 23.1. The lowest BCUT2D eigenvalue weighted by molar-refractivity contribution is -0.138. The Hall–Kier alpha value is -9.46. The van der Waals surface area contributed by atoms with E-state index in [0.29, 0.717) is 38.5 Å². The Bertz CT molecular complexity index is 5190. The number of benzene rings is 8. The summed E-state index contributed by atoms with van der Waals surface area (Å²) < 4.78 is 162. The van der Waals surface area contributed by atoms with Crippen LogP contribution in [0.3, 0.4) is 0 Å². The van der Waals surface area contributed by atoms with Gasteiger partial charge >= 0.3 is 24.7 Å². The van der Waals surface area contributed by atoms with E-state index in [-0.39, 0.29) is 158 Å². The number of rotatable bonds is 18. The molecule has 0 amide bonds. The van der Waals surface area contributed by atoms with Crippen LogP contribution in [0.1, 0.15) is 55.6 Å². The number of alkyl halides is 12. The molecule has 0 spiro atoms. The van der Waals surface area contributed by atoms with Crippen LogP contribution in [0.2, 0.25) is 55.6 Å². The maximum absolute atomic E-state index is 12.8. The number of nitrogens with zero attached hydrogens (tertiary/aromatic N) is 7. The molecule has 8 aromatic carbocycles. The fourth-order valence-electron chi connectivity index (χ4n) is 9.29. The summed E-state index contributed by atoms with van der Waals surface area (Å²) >= 11 is 64.1. The van der Waals surface area contributed by atoms with E-state index in [0.717, 1.165) is 48.5 Å². The molecule has 0 aliphatic rings. The van der Waals surface area contributed by atoms with Crippen molar-refractivity contribution in [2.24, 2.45) is 4.99 Å². The first-order valence-electron chi connectivity index (χ1n) is 31.7. The Morgan fingerprint density at radius 1 is 0.391 bits per heavy atom. The van der Waals surface area contributed by atoms with Crippen LogP contribution in [0.25, 0.3) is 0 Å². The number of phenolic OH excluding ortho intramolecular Hbond substituents is 2. The van der Waals surface area contributed by atoms with Crippen LogP contribution < -0.4 is 20.5 Å². The Morgan fingerprint density at radius 3 is 1.01 bits per heavy atom. The van der Waals surface area contributed by atoms with Crippen LogP contribution in [-0.2, 0) is 82.4 Å². The summed E-state index contributed by atoms with van der Waals surface area (Å²) in [5.74, 6) is -0.0903. The normalized spacial score (nSPS) is 11.0. The van der Waals surface area contributed by atoms with Gasteiger partial charge in [-0.3, -0.25) is 14.4 Å². The summed E-state index contributed by atoms with van der Waals surface area (Å²) in [6.45, 7) is 0. The highest BCUT2D eigenvalue weighted by Gasteiger charge is 2.34. The number of Topliss-reactive ketones (excluding diaryl/α,β-unsaturated/α-hetero) is 3. The third-order valence-electron chi connectivity index (χ3n) is 14.3. The van der Waals surface area contributed by atoms with Crippen molar-refractivity contribution in [3.8, 4) is 34.8 Å². The molecule has 0 aliphatic heterocycles. The molecule has 0 saturated heterocycles. The zero-order valence-corrected chi connectivity index (χ0v) is 66.1. The number of aliphatic imine (C=N–C) groups is 1. The van der Waals surface area contributed by atoms with Crippen LogP contribution in [0, 0.1) is 0 Å². The Morgan fingerprint density at radius 2 is 0.687 bits per heavy atom. The van der Waals surface area contributed by atoms with E-state index in [1.54, 1.807) is 13.1 Å². The van der Waals surface area contributed by atoms with Crippen molar-refractivity contribution in [1.82, 2.24) is 29.9 Å². The SMILES string of the molecule is CNc1cc(Oc2c(Cl)cc(CC(=O)Cc3cccc(C(F)(F)F)c3)cc2Cl)ncn1.Clc1cc(Cl)ncn1.Nc1cc(Cl)c(O)c(Cl)c1.O=C(Cc1cccc(C(F)(F)F)c1)Cc1cc(Cl)c(O)c(Cl)c1.O=C(Cc1cccc(C(F)(F)F)c1)Cc1cc(Cl)c(Oc2cc(Cl)ncn2)c(Cl)c1.O=C=Nc1cccc(C(F)(F)F)c1. The zero-order chi connectivity index (χ0) is 85.3. The molecule has 0 saturated carbocycles. The van der Waals surface area contributed by atoms with Gasteiger partial charge < -0.3 is 30.7 Å². The Balaban J connectivity index is 0.000000228. The first-order valence-corrected chi connectivity index (χ1v) is 35.8. The number of nitrogen functional groups attached to an aromatic ring is 1. The molecule has 604 valence electrons. The maximum atomic E-state index is 12.8. The highest BCUT2D eigenvalue weighted by atomic mass is 35.5. The number of nitrogens with two attached hydrogens (primary N) is 1. The average Bonchev–Trinajstić information content (AvgIpc) is 0.824. The second kappa shape index (κ2) is 43.5. The molecular formula is C75H50Cl11F12N9O8. The number of hydrogen-bond donors (Lipinski definition) is 4. The molecule has 0 radical (unpaired) electrons. The fraction of sp³-hybridized carbons (Fsp3) is 0.147. The van der Waals surface area contributed by atoms with Crippen molar-refractivity contribution in [2.45, 2.75) is 63.2 Å². The second-order valence-corrected chi connectivity index (χ2v) is 27.5. The number of ketones is 3. The predicted molar refractivity (Wildman–Crippen MR) is 415 cm³/mol. The average molecular weight is 1820 g/mol. The molecule has 11 rings (SSSR count). The third kappa shape index (κ3) is 31.9. The zero-order valence-electron chi connectivity index (χ0n) is 57.8. The number of hydrogen-bond acceptors (Lipinski definition) is 17. The lowest BCUT2D eigenvalue weighted by Gasteiger charge is -2.12. The fourth-order valence-corrected chi connectivity index (χ4v) is 12.0. The van der Waals surface area contributed by atoms with Crippen molar-refractivity contribution in [3.63, 3.8) is 0 Å². The maximum Gasteiger partial charge on any atom is 0.416 e. The Kier molecular flexibility index (Phi) is 35.7. The van der Waals surface area contributed by atoms with Gasteiger partial charge in [0.1, 0.15) is 57.6 Å². The molecule has 0 aliphatic carbocycles. The van der Waals surface area contributed by atoms with Crippen LogP contribution in [0.5, 0.6) is 34.8 Å². The van der Waals surface area contributed by atoms with E-state index in [1.165, 1.54) is 134 Å². The van der Waals surface area contributed by atoms with Crippen LogP contribution in [-0.4, -0.2) is 70.6 Å². The number of anilines is 2. The van der Waals surface area contributed by atoms with E-state index < -0.39 is 47.0 Å². The first kappa shape index (κ1) is 94.4. The lowest BCUT2D eigenvalue weighted by atomic mass is 10.0. The minimum atomic E-state index is -4.47. The molecule has 0 fully saturated rings. The molecule has 17 nitrogen and oxygen atoms in total. The van der Waals surface area contributed by atoms with Gasteiger partial charge in [0, 0.05) is 69.5 Å². The minimum Gasteiger partial charge on any atom is -0.505 e.